The fourth-order valence-electron chi connectivity index (χ4n) is 2.34. The monoisotopic (exact) mass is 300 g/mol. The van der Waals surface area contributed by atoms with Crippen LogP contribution in [0.3, 0.4) is 0 Å². The van der Waals surface area contributed by atoms with Gasteiger partial charge in [-0.25, -0.2) is 0 Å². The topological polar surface area (TPSA) is 95.9 Å². The van der Waals surface area contributed by atoms with Crippen molar-refractivity contribution in [3.8, 4) is 0 Å². The van der Waals surface area contributed by atoms with Gasteiger partial charge in [0.2, 0.25) is 11.8 Å². The third-order valence-corrected chi connectivity index (χ3v) is 3.40. The van der Waals surface area contributed by atoms with Crippen molar-refractivity contribution in [2.75, 3.05) is 26.3 Å². The Labute approximate surface area is 124 Å². The van der Waals surface area contributed by atoms with Crippen LogP contribution in [-0.4, -0.2) is 60.1 Å². The molecule has 1 aliphatic rings. The predicted molar refractivity (Wildman–Crippen MR) is 75.7 cm³/mol. The summed E-state index contributed by atoms with van der Waals surface area (Å²) in [7, 11) is 0. The Kier molecular flexibility index (Phi) is 7.74. The molecule has 0 aliphatic carbocycles. The van der Waals surface area contributed by atoms with Crippen LogP contribution in [0, 0.1) is 0 Å². The third-order valence-electron chi connectivity index (χ3n) is 3.40. The number of carboxylic acids is 1. The molecule has 7 nitrogen and oxygen atoms in total. The summed E-state index contributed by atoms with van der Waals surface area (Å²) in [5.74, 6) is -0.974. The smallest absolute Gasteiger partial charge is 0.305 e. The van der Waals surface area contributed by atoms with Crippen LogP contribution in [0.15, 0.2) is 0 Å². The van der Waals surface area contributed by atoms with Crippen molar-refractivity contribution >= 4 is 17.8 Å². The molecule has 1 saturated heterocycles. The van der Waals surface area contributed by atoms with Gasteiger partial charge in [-0.2, -0.15) is 0 Å². The highest BCUT2D eigenvalue weighted by Gasteiger charge is 2.28. The number of hydrogen-bond acceptors (Lipinski definition) is 4. The van der Waals surface area contributed by atoms with E-state index in [0.717, 1.165) is 19.3 Å². The first-order valence-electron chi connectivity index (χ1n) is 7.34. The molecule has 1 atom stereocenters. The van der Waals surface area contributed by atoms with E-state index in [2.05, 4.69) is 5.32 Å². The van der Waals surface area contributed by atoms with E-state index in [0.29, 0.717) is 32.7 Å². The molecule has 0 spiro atoms. The van der Waals surface area contributed by atoms with Crippen LogP contribution >= 0.6 is 0 Å². The summed E-state index contributed by atoms with van der Waals surface area (Å²) in [4.78, 5) is 35.2. The van der Waals surface area contributed by atoms with Crippen molar-refractivity contribution < 1.29 is 24.2 Å². The lowest BCUT2D eigenvalue weighted by atomic mass is 10.1. The highest BCUT2D eigenvalue weighted by atomic mass is 16.5. The van der Waals surface area contributed by atoms with Crippen molar-refractivity contribution in [3.05, 3.63) is 0 Å². The van der Waals surface area contributed by atoms with Crippen molar-refractivity contribution in [1.82, 2.24) is 10.2 Å². The molecule has 0 saturated carbocycles. The molecule has 1 fully saturated rings. The number of hydrogen-bond donors (Lipinski definition) is 2. The van der Waals surface area contributed by atoms with Gasteiger partial charge in [0.15, 0.2) is 0 Å². The second-order valence-electron chi connectivity index (χ2n) is 5.21. The van der Waals surface area contributed by atoms with Gasteiger partial charge in [0.05, 0.1) is 25.7 Å². The Morgan fingerprint density at radius 2 is 2.05 bits per heavy atom. The number of nitrogens with zero attached hydrogens (tertiary/aromatic N) is 1. The van der Waals surface area contributed by atoms with Gasteiger partial charge in [-0.15, -0.1) is 0 Å². The zero-order valence-electron chi connectivity index (χ0n) is 12.5. The van der Waals surface area contributed by atoms with E-state index in [9.17, 15) is 14.4 Å². The summed E-state index contributed by atoms with van der Waals surface area (Å²) in [6.45, 7) is 3.32. The molecule has 0 aromatic carbocycles. The van der Waals surface area contributed by atoms with Gasteiger partial charge >= 0.3 is 5.97 Å². The first kappa shape index (κ1) is 17.4. The minimum Gasteiger partial charge on any atom is -0.481 e. The van der Waals surface area contributed by atoms with Crippen LogP contribution in [0.4, 0.5) is 0 Å². The Morgan fingerprint density at radius 3 is 2.71 bits per heavy atom. The zero-order valence-corrected chi connectivity index (χ0v) is 12.5. The van der Waals surface area contributed by atoms with Crippen LogP contribution in [0.5, 0.6) is 0 Å². The molecule has 1 unspecified atom stereocenters. The Bertz CT molecular complexity index is 372. The summed E-state index contributed by atoms with van der Waals surface area (Å²) in [5, 5.41) is 11.6. The quantitative estimate of drug-likeness (QED) is 0.632. The van der Waals surface area contributed by atoms with Crippen LogP contribution in [0.2, 0.25) is 0 Å². The first-order chi connectivity index (χ1) is 10.0. The number of rotatable bonds is 8. The lowest BCUT2D eigenvalue weighted by Gasteiger charge is -2.35. The van der Waals surface area contributed by atoms with Crippen molar-refractivity contribution in [1.29, 1.82) is 0 Å². The van der Waals surface area contributed by atoms with E-state index in [1.54, 1.807) is 4.90 Å². The zero-order chi connectivity index (χ0) is 15.7. The van der Waals surface area contributed by atoms with Gasteiger partial charge in [-0.1, -0.05) is 6.42 Å². The lowest BCUT2D eigenvalue weighted by Crippen LogP contribution is -2.49. The van der Waals surface area contributed by atoms with Gasteiger partial charge in [0.25, 0.3) is 0 Å². The Hall–Kier alpha value is -1.63. The molecule has 0 aromatic rings. The fourth-order valence-corrected chi connectivity index (χ4v) is 2.34. The predicted octanol–water partition coefficient (Wildman–Crippen LogP) is 0.385. The van der Waals surface area contributed by atoms with E-state index in [-0.39, 0.29) is 24.3 Å². The number of carboxylic acid groups (broad SMARTS) is 1. The molecular weight excluding hydrogens is 276 g/mol. The van der Waals surface area contributed by atoms with Gasteiger partial charge in [0.1, 0.15) is 0 Å². The minimum absolute atomic E-state index is 0.0101. The van der Waals surface area contributed by atoms with Crippen molar-refractivity contribution in [2.24, 2.45) is 0 Å². The van der Waals surface area contributed by atoms with E-state index in [4.69, 9.17) is 9.84 Å². The summed E-state index contributed by atoms with van der Waals surface area (Å²) in [6.07, 6.45) is 2.79. The van der Waals surface area contributed by atoms with Crippen LogP contribution in [0.25, 0.3) is 0 Å². The second-order valence-corrected chi connectivity index (χ2v) is 5.21. The van der Waals surface area contributed by atoms with Gasteiger partial charge < -0.3 is 20.1 Å². The number of carbonyl (C=O) groups excluding carboxylic acids is 2. The number of amides is 2. The summed E-state index contributed by atoms with van der Waals surface area (Å²) >= 11 is 0. The SMILES string of the molecule is CC(=O)NCCCCCC(=O)N1CCOCC1CC(=O)O. The van der Waals surface area contributed by atoms with E-state index < -0.39 is 5.97 Å². The lowest BCUT2D eigenvalue weighted by molar-refractivity contribution is -0.146. The standard InChI is InChI=1S/C14H24N2O5/c1-11(17)15-6-4-2-3-5-13(18)16-7-8-21-10-12(16)9-14(19)20/h12H,2-10H2,1H3,(H,15,17)(H,19,20). The maximum atomic E-state index is 12.1. The average Bonchev–Trinajstić information content (AvgIpc) is 2.42. The molecule has 0 radical (unpaired) electrons. The molecule has 1 aliphatic heterocycles. The summed E-state index contributed by atoms with van der Waals surface area (Å²) in [5.41, 5.74) is 0. The highest BCUT2D eigenvalue weighted by Crippen LogP contribution is 2.14. The largest absolute Gasteiger partial charge is 0.481 e. The average molecular weight is 300 g/mol. The number of carbonyl (C=O) groups is 3. The summed E-state index contributed by atoms with van der Waals surface area (Å²) < 4.78 is 5.25. The minimum atomic E-state index is -0.918. The third kappa shape index (κ3) is 7.08. The van der Waals surface area contributed by atoms with Gasteiger partial charge in [0, 0.05) is 26.4 Å². The highest BCUT2D eigenvalue weighted by molar-refractivity contribution is 5.77. The number of ether oxygens (including phenoxy) is 1. The molecule has 1 heterocycles. The molecule has 0 bridgehead atoms. The van der Waals surface area contributed by atoms with Crippen molar-refractivity contribution in [2.45, 2.75) is 45.1 Å². The van der Waals surface area contributed by atoms with E-state index in [1.807, 2.05) is 0 Å². The number of nitrogens with one attached hydrogen (secondary N) is 1. The molecule has 2 amide bonds. The van der Waals surface area contributed by atoms with E-state index in [1.165, 1.54) is 6.92 Å². The Morgan fingerprint density at radius 1 is 1.29 bits per heavy atom. The molecule has 2 N–H and O–H groups in total. The number of aliphatic carboxylic acids is 1. The number of unbranched alkanes of at least 4 members (excludes halogenated alkanes) is 2. The normalized spacial score (nSPS) is 18.3. The molecule has 21 heavy (non-hydrogen) atoms. The maximum Gasteiger partial charge on any atom is 0.305 e. The van der Waals surface area contributed by atoms with Crippen LogP contribution in [-0.2, 0) is 19.1 Å². The second kappa shape index (κ2) is 9.33. The molecule has 7 heteroatoms. The maximum absolute atomic E-state index is 12.1. The molecule has 0 aromatic heterocycles. The van der Waals surface area contributed by atoms with Gasteiger partial charge in [-0.3, -0.25) is 14.4 Å². The molecule has 120 valence electrons. The fraction of sp³-hybridized carbons (Fsp3) is 0.786. The number of morpholine rings is 1. The Balaban J connectivity index is 2.25. The van der Waals surface area contributed by atoms with Crippen LogP contribution < -0.4 is 5.32 Å². The van der Waals surface area contributed by atoms with E-state index >= 15 is 0 Å². The van der Waals surface area contributed by atoms with Crippen molar-refractivity contribution in [3.63, 3.8) is 0 Å². The molecule has 1 rings (SSSR count). The van der Waals surface area contributed by atoms with Gasteiger partial charge in [-0.05, 0) is 12.8 Å². The first-order valence-corrected chi connectivity index (χ1v) is 7.34. The van der Waals surface area contributed by atoms with Crippen LogP contribution in [0.1, 0.15) is 39.0 Å². The summed E-state index contributed by atoms with van der Waals surface area (Å²) in [6, 6.07) is -0.358. The molecular formula is C14H24N2O5.